The van der Waals surface area contributed by atoms with E-state index in [1.165, 1.54) is 12.1 Å². The molecule has 0 fully saturated rings. The van der Waals surface area contributed by atoms with Gasteiger partial charge in [0.1, 0.15) is 5.69 Å². The van der Waals surface area contributed by atoms with Crippen molar-refractivity contribution in [3.05, 3.63) is 61.8 Å². The number of allylic oxidation sites excluding steroid dienone is 1. The fourth-order valence-corrected chi connectivity index (χ4v) is 3.13. The van der Waals surface area contributed by atoms with E-state index in [0.717, 1.165) is 25.8 Å². The lowest BCUT2D eigenvalue weighted by Crippen LogP contribution is -2.42. The van der Waals surface area contributed by atoms with Gasteiger partial charge in [-0.05, 0) is 25.5 Å². The van der Waals surface area contributed by atoms with Crippen LogP contribution >= 0.6 is 0 Å². The summed E-state index contributed by atoms with van der Waals surface area (Å²) in [7, 11) is 1.86. The zero-order chi connectivity index (χ0) is 20.7. The van der Waals surface area contributed by atoms with Gasteiger partial charge in [0, 0.05) is 30.4 Å². The Hall–Kier alpha value is -3.22. The number of aromatic nitrogens is 2. The molecule has 7 nitrogen and oxygen atoms in total. The number of benzene rings is 1. The minimum absolute atomic E-state index is 0.0146. The van der Waals surface area contributed by atoms with Crippen LogP contribution in [0.1, 0.15) is 33.1 Å². The summed E-state index contributed by atoms with van der Waals surface area (Å²) in [4.78, 5) is 25.3. The van der Waals surface area contributed by atoms with Crippen molar-refractivity contribution in [3.63, 3.8) is 0 Å². The summed E-state index contributed by atoms with van der Waals surface area (Å²) >= 11 is 0. The number of nitro benzene ring substituents is 1. The Kier molecular flexibility index (Phi) is 7.26. The summed E-state index contributed by atoms with van der Waals surface area (Å²) in [6.45, 7) is 8.30. The van der Waals surface area contributed by atoms with Crippen molar-refractivity contribution in [1.82, 2.24) is 10.2 Å². The molecule has 1 aromatic carbocycles. The number of unbranched alkanes of at least 4 members (excludes halogenated alkanes) is 2. The molecule has 0 unspecified atom stereocenters. The van der Waals surface area contributed by atoms with E-state index in [-0.39, 0.29) is 16.2 Å². The lowest BCUT2D eigenvalue weighted by atomic mass is 10.1. The average molecular weight is 382 g/mol. The highest BCUT2D eigenvalue weighted by molar-refractivity contribution is 5.73. The Bertz CT molecular complexity index is 1040. The third kappa shape index (κ3) is 4.54. The quantitative estimate of drug-likeness (QED) is 0.431. The fourth-order valence-electron chi connectivity index (χ4n) is 3.13. The zero-order valence-electron chi connectivity index (χ0n) is 16.6. The molecular weight excluding hydrogens is 356 g/mol. The summed E-state index contributed by atoms with van der Waals surface area (Å²) in [6.07, 6.45) is 8.04. The highest BCUT2D eigenvalue weighted by Crippen LogP contribution is 2.31. The van der Waals surface area contributed by atoms with E-state index in [4.69, 9.17) is 0 Å². The molecule has 1 heterocycles. The van der Waals surface area contributed by atoms with Crippen molar-refractivity contribution < 1.29 is 4.92 Å². The molecule has 28 heavy (non-hydrogen) atoms. The van der Waals surface area contributed by atoms with Gasteiger partial charge in [0.15, 0.2) is 0 Å². The van der Waals surface area contributed by atoms with Crippen molar-refractivity contribution in [1.29, 1.82) is 0 Å². The van der Waals surface area contributed by atoms with Crippen LogP contribution < -0.4 is 20.9 Å². The lowest BCUT2D eigenvalue weighted by molar-refractivity contribution is -0.384. The van der Waals surface area contributed by atoms with Crippen LogP contribution in [0.3, 0.4) is 0 Å². The molecule has 0 aliphatic carbocycles. The summed E-state index contributed by atoms with van der Waals surface area (Å²) < 4.78 is 0. The molecule has 0 bridgehead atoms. The van der Waals surface area contributed by atoms with Gasteiger partial charge in [0.25, 0.3) is 11.2 Å². The second kappa shape index (κ2) is 9.64. The summed E-state index contributed by atoms with van der Waals surface area (Å²) in [5.74, 6) is 0. The molecule has 0 amide bonds. The van der Waals surface area contributed by atoms with E-state index in [1.807, 2.05) is 11.9 Å². The van der Waals surface area contributed by atoms with Gasteiger partial charge in [-0.2, -0.15) is 5.10 Å². The van der Waals surface area contributed by atoms with Crippen molar-refractivity contribution in [2.24, 2.45) is 0 Å². The van der Waals surface area contributed by atoms with Gasteiger partial charge in [-0.3, -0.25) is 14.9 Å². The number of nitro groups is 1. The van der Waals surface area contributed by atoms with Gasteiger partial charge in [-0.15, -0.1) is 0 Å². The number of rotatable bonds is 8. The first-order valence-corrected chi connectivity index (χ1v) is 9.32. The van der Waals surface area contributed by atoms with Crippen LogP contribution in [-0.4, -0.2) is 28.7 Å². The number of H-pyrrole nitrogens is 1. The van der Waals surface area contributed by atoms with Crippen molar-refractivity contribution in [2.75, 3.05) is 18.5 Å². The number of nitrogens with zero attached hydrogens (tertiary/aromatic N) is 3. The predicted molar refractivity (Wildman–Crippen MR) is 114 cm³/mol. The van der Waals surface area contributed by atoms with Crippen molar-refractivity contribution >= 4 is 23.5 Å². The first kappa shape index (κ1) is 21.1. The second-order valence-electron chi connectivity index (χ2n) is 6.51. The van der Waals surface area contributed by atoms with E-state index < -0.39 is 0 Å². The molecule has 0 atom stereocenters. The summed E-state index contributed by atoms with van der Waals surface area (Å²) in [5, 5.41) is 19.3. The van der Waals surface area contributed by atoms with Crippen LogP contribution in [0.5, 0.6) is 0 Å². The normalized spacial score (nSPS) is 12.2. The Morgan fingerprint density at radius 2 is 2.07 bits per heavy atom. The molecular formula is C21H26N4O3. The molecule has 1 N–H and O–H groups in total. The van der Waals surface area contributed by atoms with Crippen molar-refractivity contribution in [3.8, 4) is 11.3 Å². The summed E-state index contributed by atoms with van der Waals surface area (Å²) in [6, 6.07) is 5.05. The van der Waals surface area contributed by atoms with Gasteiger partial charge >= 0.3 is 0 Å². The third-order valence-corrected chi connectivity index (χ3v) is 4.59. The summed E-state index contributed by atoms with van der Waals surface area (Å²) in [5.41, 5.74) is 1.30. The molecule has 2 rings (SSSR count). The van der Waals surface area contributed by atoms with E-state index in [0.29, 0.717) is 27.4 Å². The van der Waals surface area contributed by atoms with E-state index >= 15 is 0 Å². The maximum Gasteiger partial charge on any atom is 0.293 e. The first-order valence-electron chi connectivity index (χ1n) is 9.32. The minimum Gasteiger partial charge on any atom is -0.369 e. The SMILES string of the molecule is C=C/C=c1/c(=O)[nH]nc(-c2ccc(N(C)CCCCC)c([N+](=O)[O-])c2)/c1=C/C. The largest absolute Gasteiger partial charge is 0.369 e. The van der Waals surface area contributed by atoms with E-state index in [2.05, 4.69) is 23.7 Å². The molecule has 0 saturated carbocycles. The Labute approximate surface area is 163 Å². The molecule has 1 aromatic heterocycles. The molecule has 0 radical (unpaired) electrons. The molecule has 0 aliphatic heterocycles. The molecule has 2 aromatic rings. The van der Waals surface area contributed by atoms with E-state index in [9.17, 15) is 14.9 Å². The van der Waals surface area contributed by atoms with Gasteiger partial charge in [-0.25, -0.2) is 5.10 Å². The van der Waals surface area contributed by atoms with Crippen LogP contribution in [0.25, 0.3) is 23.4 Å². The van der Waals surface area contributed by atoms with Gasteiger partial charge in [0.2, 0.25) is 0 Å². The Morgan fingerprint density at radius 1 is 1.32 bits per heavy atom. The van der Waals surface area contributed by atoms with Crippen molar-refractivity contribution in [2.45, 2.75) is 33.1 Å². The predicted octanol–water partition coefficient (Wildman–Crippen LogP) is 2.74. The number of hydrogen-bond donors (Lipinski definition) is 1. The van der Waals surface area contributed by atoms with E-state index in [1.54, 1.807) is 31.2 Å². The van der Waals surface area contributed by atoms with Gasteiger partial charge in [0.05, 0.1) is 15.8 Å². The number of nitrogens with one attached hydrogen (secondary N) is 1. The van der Waals surface area contributed by atoms with Gasteiger partial charge < -0.3 is 4.90 Å². The van der Waals surface area contributed by atoms with Crippen LogP contribution in [0.15, 0.2) is 35.6 Å². The van der Waals surface area contributed by atoms with Gasteiger partial charge in [-0.1, -0.05) is 44.6 Å². The average Bonchev–Trinajstić information content (AvgIpc) is 2.69. The standard InChI is InChI=1S/C21H26N4O3/c1-5-8-9-13-24(4)18-12-11-15(14-19(18)25(27)28)20-16(7-3)17(10-6-2)21(26)23-22-20/h6-7,10-12,14H,2,5,8-9,13H2,1,3-4H3,(H,23,26)/b16-7+,17-10+. The monoisotopic (exact) mass is 382 g/mol. The number of aromatic amines is 1. The number of anilines is 1. The molecule has 0 aliphatic rings. The van der Waals surface area contributed by atoms with Crippen LogP contribution in [0, 0.1) is 10.1 Å². The zero-order valence-corrected chi connectivity index (χ0v) is 16.6. The highest BCUT2D eigenvalue weighted by atomic mass is 16.6. The molecule has 7 heteroatoms. The maximum absolute atomic E-state index is 12.1. The molecule has 0 saturated heterocycles. The third-order valence-electron chi connectivity index (χ3n) is 4.59. The first-order chi connectivity index (χ1) is 13.4. The Balaban J connectivity index is 2.61. The topological polar surface area (TPSA) is 92.1 Å². The number of hydrogen-bond acceptors (Lipinski definition) is 5. The van der Waals surface area contributed by atoms with Crippen LogP contribution in [-0.2, 0) is 0 Å². The molecule has 0 spiro atoms. The van der Waals surface area contributed by atoms with Crippen LogP contribution in [0.2, 0.25) is 0 Å². The van der Waals surface area contributed by atoms with Crippen LogP contribution in [0.4, 0.5) is 11.4 Å². The smallest absolute Gasteiger partial charge is 0.293 e. The second-order valence-corrected chi connectivity index (χ2v) is 6.51. The molecule has 148 valence electrons. The lowest BCUT2D eigenvalue weighted by Gasteiger charge is -2.19. The fraction of sp³-hybridized carbons (Fsp3) is 0.333. The Morgan fingerprint density at radius 3 is 2.68 bits per heavy atom. The highest BCUT2D eigenvalue weighted by Gasteiger charge is 2.19. The minimum atomic E-state index is -0.382. The maximum atomic E-state index is 12.1.